The molecule has 1 aromatic rings. The Morgan fingerprint density at radius 1 is 1.32 bits per heavy atom. The van der Waals surface area contributed by atoms with Gasteiger partial charge in [0.1, 0.15) is 0 Å². The average molecular weight is 265 g/mol. The molecule has 1 aromatic heterocycles. The van der Waals surface area contributed by atoms with Crippen molar-refractivity contribution in [3.63, 3.8) is 0 Å². The molecule has 1 unspecified atom stereocenters. The summed E-state index contributed by atoms with van der Waals surface area (Å²) in [4.78, 5) is 17.3. The fraction of sp³-hybridized carbons (Fsp3) is 0.750. The lowest BCUT2D eigenvalue weighted by molar-refractivity contribution is 0.443. The van der Waals surface area contributed by atoms with Gasteiger partial charge in [0.2, 0.25) is 17.8 Å². The number of anilines is 3. The van der Waals surface area contributed by atoms with Gasteiger partial charge in [0, 0.05) is 26.7 Å². The zero-order chi connectivity index (χ0) is 13.8. The number of nitrogens with zero attached hydrogens (tertiary/aromatic N) is 5. The molecule has 0 radical (unpaired) electrons. The monoisotopic (exact) mass is 265 g/mol. The molecule has 0 amide bonds. The first kappa shape index (κ1) is 13.8. The van der Waals surface area contributed by atoms with E-state index in [1.165, 1.54) is 19.3 Å². The standard InChI is InChI=1S/C12H23N7/c1-4-9-7-5-6-8-19(9)12-15-10(17-13)14-11(16-12)18(2)3/h9H,4-8,13H2,1-3H3,(H,14,15,16,17). The first-order chi connectivity index (χ1) is 9.15. The molecule has 106 valence electrons. The van der Waals surface area contributed by atoms with Crippen LogP contribution in [0, 0.1) is 0 Å². The fourth-order valence-corrected chi connectivity index (χ4v) is 2.44. The first-order valence-corrected chi connectivity index (χ1v) is 6.82. The Morgan fingerprint density at radius 2 is 2.11 bits per heavy atom. The highest BCUT2D eigenvalue weighted by molar-refractivity contribution is 5.44. The molecule has 7 nitrogen and oxygen atoms in total. The van der Waals surface area contributed by atoms with Gasteiger partial charge in [0.05, 0.1) is 0 Å². The van der Waals surface area contributed by atoms with Gasteiger partial charge in [-0.15, -0.1) is 0 Å². The van der Waals surface area contributed by atoms with Crippen LogP contribution in [0.3, 0.4) is 0 Å². The third-order valence-corrected chi connectivity index (χ3v) is 3.50. The van der Waals surface area contributed by atoms with Gasteiger partial charge in [-0.1, -0.05) is 6.92 Å². The molecule has 1 fully saturated rings. The van der Waals surface area contributed by atoms with Crippen molar-refractivity contribution in [3.8, 4) is 0 Å². The van der Waals surface area contributed by atoms with Gasteiger partial charge >= 0.3 is 0 Å². The average Bonchev–Trinajstić information content (AvgIpc) is 2.46. The molecular formula is C12H23N7. The summed E-state index contributed by atoms with van der Waals surface area (Å²) < 4.78 is 0. The van der Waals surface area contributed by atoms with Crippen LogP contribution in [0.4, 0.5) is 17.8 Å². The summed E-state index contributed by atoms with van der Waals surface area (Å²) in [6, 6.07) is 0.511. The number of hydrazine groups is 1. The van der Waals surface area contributed by atoms with E-state index in [-0.39, 0.29) is 0 Å². The number of rotatable bonds is 4. The molecule has 0 aliphatic carbocycles. The highest BCUT2D eigenvalue weighted by Crippen LogP contribution is 2.25. The summed E-state index contributed by atoms with van der Waals surface area (Å²) >= 11 is 0. The van der Waals surface area contributed by atoms with Crippen LogP contribution >= 0.6 is 0 Å². The molecule has 2 heterocycles. The van der Waals surface area contributed by atoms with Crippen LogP contribution in [0.1, 0.15) is 32.6 Å². The molecule has 7 heteroatoms. The topological polar surface area (TPSA) is 83.2 Å². The molecule has 2 rings (SSSR count). The van der Waals surface area contributed by atoms with Gasteiger partial charge in [0.25, 0.3) is 0 Å². The van der Waals surface area contributed by atoms with Gasteiger partial charge in [-0.2, -0.15) is 15.0 Å². The minimum Gasteiger partial charge on any atom is -0.347 e. The quantitative estimate of drug-likeness (QED) is 0.620. The van der Waals surface area contributed by atoms with E-state index in [0.717, 1.165) is 18.9 Å². The van der Waals surface area contributed by atoms with Crippen LogP contribution in [0.25, 0.3) is 0 Å². The second kappa shape index (κ2) is 6.01. The maximum atomic E-state index is 5.44. The Balaban J connectivity index is 2.33. The molecule has 0 saturated carbocycles. The number of nitrogens with one attached hydrogen (secondary N) is 1. The normalized spacial score (nSPS) is 19.4. The van der Waals surface area contributed by atoms with Crippen LogP contribution in [-0.4, -0.2) is 41.6 Å². The first-order valence-electron chi connectivity index (χ1n) is 6.82. The van der Waals surface area contributed by atoms with E-state index in [0.29, 0.717) is 17.9 Å². The summed E-state index contributed by atoms with van der Waals surface area (Å²) in [5, 5.41) is 0. The van der Waals surface area contributed by atoms with E-state index < -0.39 is 0 Å². The number of piperidine rings is 1. The number of nitrogens with two attached hydrogens (primary N) is 1. The number of hydrogen-bond acceptors (Lipinski definition) is 7. The molecule has 3 N–H and O–H groups in total. The van der Waals surface area contributed by atoms with Crippen molar-refractivity contribution in [2.75, 3.05) is 35.9 Å². The SMILES string of the molecule is CCC1CCCCN1c1nc(NN)nc(N(C)C)n1. The van der Waals surface area contributed by atoms with Gasteiger partial charge < -0.3 is 9.80 Å². The predicted molar refractivity (Wildman–Crippen MR) is 77.2 cm³/mol. The Hall–Kier alpha value is -1.63. The summed E-state index contributed by atoms with van der Waals surface area (Å²) in [6.45, 7) is 3.21. The molecular weight excluding hydrogens is 242 g/mol. The van der Waals surface area contributed by atoms with E-state index in [4.69, 9.17) is 5.84 Å². The molecule has 0 spiro atoms. The third-order valence-electron chi connectivity index (χ3n) is 3.50. The van der Waals surface area contributed by atoms with Crippen molar-refractivity contribution < 1.29 is 0 Å². The highest BCUT2D eigenvalue weighted by atomic mass is 15.4. The molecule has 1 atom stereocenters. The zero-order valence-corrected chi connectivity index (χ0v) is 11.9. The number of hydrogen-bond donors (Lipinski definition) is 2. The van der Waals surface area contributed by atoms with Gasteiger partial charge in [-0.25, -0.2) is 5.84 Å². The van der Waals surface area contributed by atoms with Gasteiger partial charge in [0.15, 0.2) is 0 Å². The van der Waals surface area contributed by atoms with E-state index in [9.17, 15) is 0 Å². The van der Waals surface area contributed by atoms with Crippen molar-refractivity contribution in [1.29, 1.82) is 0 Å². The van der Waals surface area contributed by atoms with Crippen LogP contribution in [0.2, 0.25) is 0 Å². The Bertz CT molecular complexity index is 421. The van der Waals surface area contributed by atoms with Crippen LogP contribution < -0.4 is 21.1 Å². The van der Waals surface area contributed by atoms with Crippen LogP contribution in [0.5, 0.6) is 0 Å². The lowest BCUT2D eigenvalue weighted by Crippen LogP contribution is -2.40. The molecule has 1 aliphatic rings. The largest absolute Gasteiger partial charge is 0.347 e. The van der Waals surface area contributed by atoms with Crippen LogP contribution in [0.15, 0.2) is 0 Å². The zero-order valence-electron chi connectivity index (χ0n) is 11.9. The van der Waals surface area contributed by atoms with Crippen LogP contribution in [-0.2, 0) is 0 Å². The van der Waals surface area contributed by atoms with E-state index in [1.54, 1.807) is 0 Å². The molecule has 19 heavy (non-hydrogen) atoms. The lowest BCUT2D eigenvalue weighted by Gasteiger charge is -2.35. The molecule has 1 aliphatic heterocycles. The summed E-state index contributed by atoms with van der Waals surface area (Å²) in [6.07, 6.45) is 4.77. The minimum atomic E-state index is 0.411. The maximum Gasteiger partial charge on any atom is 0.243 e. The summed E-state index contributed by atoms with van der Waals surface area (Å²) in [5.41, 5.74) is 2.52. The maximum absolute atomic E-state index is 5.44. The van der Waals surface area contributed by atoms with Crippen molar-refractivity contribution in [2.24, 2.45) is 5.84 Å². The Morgan fingerprint density at radius 3 is 2.74 bits per heavy atom. The number of nitrogen functional groups attached to an aromatic ring is 1. The van der Waals surface area contributed by atoms with Crippen molar-refractivity contribution in [2.45, 2.75) is 38.6 Å². The fourth-order valence-electron chi connectivity index (χ4n) is 2.44. The smallest absolute Gasteiger partial charge is 0.243 e. The van der Waals surface area contributed by atoms with Crippen molar-refractivity contribution in [3.05, 3.63) is 0 Å². The highest BCUT2D eigenvalue weighted by Gasteiger charge is 2.24. The van der Waals surface area contributed by atoms with Crippen molar-refractivity contribution in [1.82, 2.24) is 15.0 Å². The second-order valence-electron chi connectivity index (χ2n) is 5.05. The minimum absolute atomic E-state index is 0.411. The number of aromatic nitrogens is 3. The molecule has 1 saturated heterocycles. The van der Waals surface area contributed by atoms with E-state index in [1.807, 2.05) is 19.0 Å². The summed E-state index contributed by atoms with van der Waals surface area (Å²) in [5.74, 6) is 7.20. The van der Waals surface area contributed by atoms with Gasteiger partial charge in [-0.05, 0) is 25.7 Å². The second-order valence-corrected chi connectivity index (χ2v) is 5.05. The lowest BCUT2D eigenvalue weighted by atomic mass is 10.0. The summed E-state index contributed by atoms with van der Waals surface area (Å²) in [7, 11) is 3.82. The molecule has 0 aromatic carbocycles. The molecule has 0 bridgehead atoms. The predicted octanol–water partition coefficient (Wildman–Crippen LogP) is 0.992. The Labute approximate surface area is 114 Å². The van der Waals surface area contributed by atoms with Crippen molar-refractivity contribution >= 4 is 17.8 Å². The Kier molecular flexibility index (Phi) is 4.36. The third kappa shape index (κ3) is 3.04. The van der Waals surface area contributed by atoms with E-state index in [2.05, 4.69) is 32.2 Å². The van der Waals surface area contributed by atoms with E-state index >= 15 is 0 Å². The van der Waals surface area contributed by atoms with Gasteiger partial charge in [-0.3, -0.25) is 5.43 Å².